The van der Waals surface area contributed by atoms with Gasteiger partial charge in [-0.25, -0.2) is 0 Å². The van der Waals surface area contributed by atoms with Crippen LogP contribution in [0.15, 0.2) is 0 Å². The molecular weight excluding hydrogens is 202 g/mol. The van der Waals surface area contributed by atoms with Gasteiger partial charge in [0.25, 0.3) is 0 Å². The van der Waals surface area contributed by atoms with Crippen molar-refractivity contribution in [3.05, 3.63) is 0 Å². The molecule has 1 rings (SSSR count). The van der Waals surface area contributed by atoms with E-state index in [9.17, 15) is 0 Å². The van der Waals surface area contributed by atoms with Crippen LogP contribution in [-0.4, -0.2) is 32.1 Å². The molecule has 1 N–H and O–H groups in total. The maximum atomic E-state index is 5.55. The molecule has 16 heavy (non-hydrogen) atoms. The van der Waals surface area contributed by atoms with Crippen LogP contribution in [-0.2, 0) is 9.47 Å². The minimum Gasteiger partial charge on any atom is -0.350 e. The summed E-state index contributed by atoms with van der Waals surface area (Å²) in [5.41, 5.74) is 0. The predicted molar refractivity (Wildman–Crippen MR) is 70.7 cm³/mol. The van der Waals surface area contributed by atoms with E-state index in [0.717, 1.165) is 26.3 Å². The smallest absolute Gasteiger partial charge is 0.162 e. The molecule has 0 aromatic carbocycles. The number of nitrogens with one attached hydrogen (secondary N) is 1. The van der Waals surface area contributed by atoms with Gasteiger partial charge in [0, 0.05) is 12.5 Å². The Hall–Kier alpha value is -0.120. The van der Waals surface area contributed by atoms with Crippen LogP contribution in [0.2, 0.25) is 0 Å². The Morgan fingerprint density at radius 3 is 2.12 bits per heavy atom. The number of ether oxygens (including phenoxy) is 2. The standard InChI is InChI=1S/C10H21NO2.C2H6.CH4/c1-4-5-11-6-9-7-12-10(2,3)13-8-9;1-2;/h9,11H,4-8H2,1-3H3;1-2H3;1H4. The van der Waals surface area contributed by atoms with E-state index in [-0.39, 0.29) is 13.2 Å². The van der Waals surface area contributed by atoms with Crippen LogP contribution in [0.25, 0.3) is 0 Å². The Morgan fingerprint density at radius 1 is 1.19 bits per heavy atom. The lowest BCUT2D eigenvalue weighted by Gasteiger charge is -2.35. The van der Waals surface area contributed by atoms with E-state index in [1.54, 1.807) is 0 Å². The van der Waals surface area contributed by atoms with Gasteiger partial charge in [0.05, 0.1) is 13.2 Å². The molecule has 0 radical (unpaired) electrons. The Kier molecular flexibility index (Phi) is 11.5. The van der Waals surface area contributed by atoms with Gasteiger partial charge in [0.15, 0.2) is 5.79 Å². The summed E-state index contributed by atoms with van der Waals surface area (Å²) in [7, 11) is 0. The lowest BCUT2D eigenvalue weighted by Crippen LogP contribution is -2.42. The predicted octanol–water partition coefficient (Wildman–Crippen LogP) is 3.05. The molecule has 1 aliphatic rings. The quantitative estimate of drug-likeness (QED) is 0.757. The molecule has 0 unspecified atom stereocenters. The first-order valence-electron chi connectivity index (χ1n) is 6.12. The third kappa shape index (κ3) is 8.08. The van der Waals surface area contributed by atoms with Crippen LogP contribution < -0.4 is 5.32 Å². The van der Waals surface area contributed by atoms with Gasteiger partial charge in [-0.05, 0) is 26.8 Å². The maximum absolute atomic E-state index is 5.55. The molecule has 100 valence electrons. The van der Waals surface area contributed by atoms with Crippen LogP contribution in [0.4, 0.5) is 0 Å². The van der Waals surface area contributed by atoms with E-state index < -0.39 is 0 Å². The van der Waals surface area contributed by atoms with Crippen LogP contribution in [0.3, 0.4) is 0 Å². The molecule has 1 heterocycles. The van der Waals surface area contributed by atoms with E-state index in [4.69, 9.17) is 9.47 Å². The molecule has 0 bridgehead atoms. The van der Waals surface area contributed by atoms with E-state index in [0.29, 0.717) is 5.92 Å². The first kappa shape index (κ1) is 18.3. The summed E-state index contributed by atoms with van der Waals surface area (Å²) >= 11 is 0. The summed E-state index contributed by atoms with van der Waals surface area (Å²) in [5.74, 6) is 0.140. The summed E-state index contributed by atoms with van der Waals surface area (Å²) in [6, 6.07) is 0. The average Bonchev–Trinajstić information content (AvgIpc) is 2.24. The molecule has 3 nitrogen and oxygen atoms in total. The molecule has 1 aliphatic heterocycles. The Labute approximate surface area is 102 Å². The van der Waals surface area contributed by atoms with Crippen molar-refractivity contribution in [3.8, 4) is 0 Å². The first-order chi connectivity index (χ1) is 7.14. The molecule has 0 atom stereocenters. The van der Waals surface area contributed by atoms with Crippen molar-refractivity contribution < 1.29 is 9.47 Å². The normalized spacial score (nSPS) is 19.3. The number of rotatable bonds is 4. The second-order valence-electron chi connectivity index (χ2n) is 4.09. The minimum absolute atomic E-state index is 0. The Morgan fingerprint density at radius 2 is 1.69 bits per heavy atom. The molecule has 0 aromatic rings. The molecular formula is C13H31NO2. The maximum Gasteiger partial charge on any atom is 0.162 e. The van der Waals surface area contributed by atoms with Crippen molar-refractivity contribution in [2.24, 2.45) is 5.92 Å². The third-order valence-corrected chi connectivity index (χ3v) is 2.19. The van der Waals surface area contributed by atoms with Crippen molar-refractivity contribution in [2.75, 3.05) is 26.3 Å². The van der Waals surface area contributed by atoms with E-state index in [2.05, 4.69) is 12.2 Å². The van der Waals surface area contributed by atoms with Crippen molar-refractivity contribution in [1.29, 1.82) is 0 Å². The van der Waals surface area contributed by atoms with Gasteiger partial charge < -0.3 is 14.8 Å². The van der Waals surface area contributed by atoms with Crippen LogP contribution in [0, 0.1) is 5.92 Å². The second-order valence-corrected chi connectivity index (χ2v) is 4.09. The molecule has 3 heteroatoms. The summed E-state index contributed by atoms with van der Waals surface area (Å²) in [5, 5.41) is 3.37. The average molecular weight is 233 g/mol. The molecule has 0 amide bonds. The second kappa shape index (κ2) is 10.1. The fraction of sp³-hybridized carbons (Fsp3) is 1.00. The fourth-order valence-corrected chi connectivity index (χ4v) is 1.33. The van der Waals surface area contributed by atoms with Crippen LogP contribution in [0.5, 0.6) is 0 Å². The monoisotopic (exact) mass is 233 g/mol. The molecule has 0 spiro atoms. The highest BCUT2D eigenvalue weighted by molar-refractivity contribution is 4.69. The zero-order valence-corrected chi connectivity index (χ0v) is 10.9. The van der Waals surface area contributed by atoms with E-state index >= 15 is 0 Å². The van der Waals surface area contributed by atoms with Gasteiger partial charge in [-0.1, -0.05) is 28.2 Å². The van der Waals surface area contributed by atoms with Crippen molar-refractivity contribution in [2.45, 2.75) is 54.3 Å². The zero-order chi connectivity index (χ0) is 11.7. The largest absolute Gasteiger partial charge is 0.350 e. The molecule has 1 fully saturated rings. The molecule has 0 aromatic heterocycles. The summed E-state index contributed by atoms with van der Waals surface area (Å²) in [4.78, 5) is 0. The van der Waals surface area contributed by atoms with Crippen LogP contribution >= 0.6 is 0 Å². The topological polar surface area (TPSA) is 30.5 Å². The van der Waals surface area contributed by atoms with Gasteiger partial charge in [0.1, 0.15) is 0 Å². The number of hydrogen-bond acceptors (Lipinski definition) is 3. The van der Waals surface area contributed by atoms with E-state index in [1.165, 1.54) is 6.42 Å². The van der Waals surface area contributed by atoms with Crippen molar-refractivity contribution >= 4 is 0 Å². The number of hydrogen-bond donors (Lipinski definition) is 1. The highest BCUT2D eigenvalue weighted by Crippen LogP contribution is 2.19. The summed E-state index contributed by atoms with van der Waals surface area (Å²) in [6.07, 6.45) is 1.18. The zero-order valence-electron chi connectivity index (χ0n) is 10.9. The highest BCUT2D eigenvalue weighted by Gasteiger charge is 2.27. The van der Waals surface area contributed by atoms with Gasteiger partial charge in [-0.3, -0.25) is 0 Å². The summed E-state index contributed by atoms with van der Waals surface area (Å²) in [6.45, 7) is 13.8. The van der Waals surface area contributed by atoms with Gasteiger partial charge in [-0.15, -0.1) is 0 Å². The Balaban J connectivity index is 0. The van der Waals surface area contributed by atoms with Crippen molar-refractivity contribution in [1.82, 2.24) is 5.32 Å². The fourth-order valence-electron chi connectivity index (χ4n) is 1.33. The lowest BCUT2D eigenvalue weighted by atomic mass is 10.1. The van der Waals surface area contributed by atoms with Gasteiger partial charge in [-0.2, -0.15) is 0 Å². The van der Waals surface area contributed by atoms with E-state index in [1.807, 2.05) is 27.7 Å². The third-order valence-electron chi connectivity index (χ3n) is 2.19. The highest BCUT2D eigenvalue weighted by atomic mass is 16.7. The minimum atomic E-state index is -0.374. The summed E-state index contributed by atoms with van der Waals surface area (Å²) < 4.78 is 11.1. The van der Waals surface area contributed by atoms with Gasteiger partial charge in [0.2, 0.25) is 0 Å². The first-order valence-corrected chi connectivity index (χ1v) is 6.12. The van der Waals surface area contributed by atoms with Crippen LogP contribution in [0.1, 0.15) is 48.5 Å². The lowest BCUT2D eigenvalue weighted by molar-refractivity contribution is -0.261. The van der Waals surface area contributed by atoms with Gasteiger partial charge >= 0.3 is 0 Å². The Bertz CT molecular complexity index is 139. The van der Waals surface area contributed by atoms with Crippen molar-refractivity contribution in [3.63, 3.8) is 0 Å². The molecule has 1 saturated heterocycles. The SMILES string of the molecule is C.CC.CCCNCC1COC(C)(C)OC1. The molecule has 0 saturated carbocycles. The molecule has 0 aliphatic carbocycles.